The van der Waals surface area contributed by atoms with Crippen molar-refractivity contribution in [2.75, 3.05) is 18.0 Å². The zero-order valence-electron chi connectivity index (χ0n) is 23.7. The number of benzene rings is 3. The minimum atomic E-state index is -4.26. The number of amides is 2. The number of hydrogen-bond acceptors (Lipinski definition) is 5. The summed E-state index contributed by atoms with van der Waals surface area (Å²) in [5.74, 6) is -0.299. The molecule has 41 heavy (non-hydrogen) atoms. The van der Waals surface area contributed by atoms with Crippen molar-refractivity contribution >= 4 is 50.7 Å². The third-order valence-corrected chi connectivity index (χ3v) is 8.79. The number of carbonyl (C=O) groups is 2. The van der Waals surface area contributed by atoms with E-state index in [-0.39, 0.29) is 33.1 Å². The number of rotatable bonds is 11. The Morgan fingerprint density at radius 1 is 0.951 bits per heavy atom. The summed E-state index contributed by atoms with van der Waals surface area (Å²) in [6, 6.07) is 18.5. The molecule has 2 amide bonds. The van der Waals surface area contributed by atoms with Crippen LogP contribution in [0.4, 0.5) is 5.69 Å². The second-order valence-corrected chi connectivity index (χ2v) is 13.1. The van der Waals surface area contributed by atoms with Gasteiger partial charge in [-0.15, -0.1) is 0 Å². The normalized spacial score (nSPS) is 12.4. The van der Waals surface area contributed by atoms with Gasteiger partial charge >= 0.3 is 0 Å². The van der Waals surface area contributed by atoms with E-state index in [1.807, 2.05) is 20.8 Å². The molecule has 0 heterocycles. The minimum absolute atomic E-state index is 0.0132. The maximum Gasteiger partial charge on any atom is 0.264 e. The van der Waals surface area contributed by atoms with Gasteiger partial charge < -0.3 is 15.0 Å². The minimum Gasteiger partial charge on any atom is -0.497 e. The zero-order chi connectivity index (χ0) is 30.4. The first-order valence-corrected chi connectivity index (χ1v) is 15.2. The summed E-state index contributed by atoms with van der Waals surface area (Å²) in [6.45, 7) is 6.79. The maximum atomic E-state index is 14.1. The fourth-order valence-electron chi connectivity index (χ4n) is 4.22. The molecule has 0 aliphatic rings. The van der Waals surface area contributed by atoms with E-state index >= 15 is 0 Å². The van der Waals surface area contributed by atoms with Crippen molar-refractivity contribution in [1.29, 1.82) is 0 Å². The molecule has 11 heteroatoms. The molecule has 0 radical (unpaired) electrons. The monoisotopic (exact) mass is 619 g/mol. The van der Waals surface area contributed by atoms with Crippen LogP contribution in [0.15, 0.2) is 77.7 Å². The van der Waals surface area contributed by atoms with Crippen LogP contribution < -0.4 is 14.4 Å². The SMILES string of the molecule is CC[C@@H](C(=O)NC(C)(C)C)N(Cc1ccc(OC)cc1)C(=O)CN(c1cccc(Cl)c1Cl)S(=O)(=O)c1ccccc1. The Labute approximate surface area is 252 Å². The molecule has 0 aliphatic carbocycles. The summed E-state index contributed by atoms with van der Waals surface area (Å²) in [6.07, 6.45) is 0.299. The largest absolute Gasteiger partial charge is 0.497 e. The predicted octanol–water partition coefficient (Wildman–Crippen LogP) is 5.92. The predicted molar refractivity (Wildman–Crippen MR) is 163 cm³/mol. The molecule has 1 N–H and O–H groups in total. The molecular weight excluding hydrogens is 585 g/mol. The number of carbonyl (C=O) groups excluding carboxylic acids is 2. The van der Waals surface area contributed by atoms with Gasteiger partial charge in [0.25, 0.3) is 10.0 Å². The Hall–Kier alpha value is -3.27. The Morgan fingerprint density at radius 2 is 1.59 bits per heavy atom. The van der Waals surface area contributed by atoms with Gasteiger partial charge in [0.05, 0.1) is 27.7 Å². The molecule has 0 unspecified atom stereocenters. The van der Waals surface area contributed by atoms with Gasteiger partial charge in [-0.25, -0.2) is 8.42 Å². The van der Waals surface area contributed by atoms with Crippen LogP contribution in [0.1, 0.15) is 39.7 Å². The van der Waals surface area contributed by atoms with E-state index in [0.717, 1.165) is 9.87 Å². The van der Waals surface area contributed by atoms with Gasteiger partial charge in [-0.2, -0.15) is 0 Å². The Balaban J connectivity index is 2.10. The first-order chi connectivity index (χ1) is 19.3. The van der Waals surface area contributed by atoms with Crippen molar-refractivity contribution in [2.24, 2.45) is 0 Å². The van der Waals surface area contributed by atoms with Gasteiger partial charge in [0.1, 0.15) is 18.3 Å². The van der Waals surface area contributed by atoms with Crippen molar-refractivity contribution in [3.05, 3.63) is 88.4 Å². The van der Waals surface area contributed by atoms with E-state index in [0.29, 0.717) is 12.2 Å². The third kappa shape index (κ3) is 8.15. The fraction of sp³-hybridized carbons (Fsp3) is 0.333. The molecule has 1 atom stereocenters. The average molecular weight is 621 g/mol. The molecule has 3 rings (SSSR count). The first kappa shape index (κ1) is 32.2. The molecule has 0 spiro atoms. The van der Waals surface area contributed by atoms with Crippen LogP contribution >= 0.6 is 23.2 Å². The summed E-state index contributed by atoms with van der Waals surface area (Å²) in [7, 11) is -2.71. The van der Waals surface area contributed by atoms with Crippen LogP contribution in [-0.4, -0.2) is 50.4 Å². The number of sulfonamides is 1. The van der Waals surface area contributed by atoms with Crippen molar-refractivity contribution in [3.63, 3.8) is 0 Å². The zero-order valence-corrected chi connectivity index (χ0v) is 26.1. The van der Waals surface area contributed by atoms with Crippen molar-refractivity contribution in [2.45, 2.75) is 57.1 Å². The summed E-state index contributed by atoms with van der Waals surface area (Å²) in [5, 5.41) is 3.07. The van der Waals surface area contributed by atoms with Crippen molar-refractivity contribution in [1.82, 2.24) is 10.2 Å². The van der Waals surface area contributed by atoms with Crippen LogP contribution in [0.3, 0.4) is 0 Å². The lowest BCUT2D eigenvalue weighted by atomic mass is 10.1. The molecular formula is C30H35Cl2N3O5S. The molecule has 0 bridgehead atoms. The number of anilines is 1. The highest BCUT2D eigenvalue weighted by Gasteiger charge is 2.35. The third-order valence-electron chi connectivity index (χ3n) is 6.21. The lowest BCUT2D eigenvalue weighted by molar-refractivity contribution is -0.141. The first-order valence-electron chi connectivity index (χ1n) is 13.0. The number of hydrogen-bond donors (Lipinski definition) is 1. The molecule has 8 nitrogen and oxygen atoms in total. The smallest absolute Gasteiger partial charge is 0.264 e. The Kier molecular flexibility index (Phi) is 10.7. The van der Waals surface area contributed by atoms with Gasteiger partial charge in [-0.3, -0.25) is 13.9 Å². The van der Waals surface area contributed by atoms with Crippen LogP contribution in [0, 0.1) is 0 Å². The van der Waals surface area contributed by atoms with E-state index in [1.54, 1.807) is 62.6 Å². The molecule has 0 saturated carbocycles. The molecule has 220 valence electrons. The number of nitrogens with zero attached hydrogens (tertiary/aromatic N) is 2. The summed E-state index contributed by atoms with van der Waals surface area (Å²) < 4.78 is 34.0. The second kappa shape index (κ2) is 13.6. The number of methoxy groups -OCH3 is 1. The van der Waals surface area contributed by atoms with Crippen LogP contribution in [0.25, 0.3) is 0 Å². The van der Waals surface area contributed by atoms with Crippen molar-refractivity contribution < 1.29 is 22.7 Å². The van der Waals surface area contributed by atoms with E-state index in [1.165, 1.54) is 29.2 Å². The maximum absolute atomic E-state index is 14.1. The summed E-state index contributed by atoms with van der Waals surface area (Å²) >= 11 is 12.7. The molecule has 0 aliphatic heterocycles. The standard InChI is InChI=1S/C30H35Cl2N3O5S/c1-6-25(29(37)33-30(2,3)4)34(19-21-15-17-22(40-5)18-16-21)27(36)20-35(26-14-10-13-24(31)28(26)32)41(38,39)23-11-8-7-9-12-23/h7-18,25H,6,19-20H2,1-5H3,(H,33,37)/t25-/m0/s1. The average Bonchev–Trinajstić information content (AvgIpc) is 2.93. The highest BCUT2D eigenvalue weighted by Crippen LogP contribution is 2.35. The Morgan fingerprint density at radius 3 is 2.15 bits per heavy atom. The number of halogens is 2. The highest BCUT2D eigenvalue weighted by atomic mass is 35.5. The summed E-state index contributed by atoms with van der Waals surface area (Å²) in [5.41, 5.74) is 0.239. The number of ether oxygens (including phenoxy) is 1. The second-order valence-electron chi connectivity index (χ2n) is 10.4. The van der Waals surface area contributed by atoms with Crippen molar-refractivity contribution in [3.8, 4) is 5.75 Å². The van der Waals surface area contributed by atoms with E-state index in [4.69, 9.17) is 27.9 Å². The van der Waals surface area contributed by atoms with Gasteiger partial charge in [-0.05, 0) is 69.2 Å². The molecule has 0 saturated heterocycles. The fourth-order valence-corrected chi connectivity index (χ4v) is 6.11. The van der Waals surface area contributed by atoms with Crippen LogP contribution in [-0.2, 0) is 26.2 Å². The van der Waals surface area contributed by atoms with Gasteiger partial charge in [0.2, 0.25) is 11.8 Å². The molecule has 3 aromatic carbocycles. The number of nitrogens with one attached hydrogen (secondary N) is 1. The molecule has 0 aromatic heterocycles. The molecule has 3 aromatic rings. The topological polar surface area (TPSA) is 96.0 Å². The lowest BCUT2D eigenvalue weighted by Gasteiger charge is -2.35. The highest BCUT2D eigenvalue weighted by molar-refractivity contribution is 7.92. The van der Waals surface area contributed by atoms with Gasteiger partial charge in [-0.1, -0.05) is 66.5 Å². The van der Waals surface area contributed by atoms with E-state index in [9.17, 15) is 18.0 Å². The Bertz CT molecular complexity index is 1460. The van der Waals surface area contributed by atoms with Gasteiger partial charge in [0.15, 0.2) is 0 Å². The summed E-state index contributed by atoms with van der Waals surface area (Å²) in [4.78, 5) is 28.9. The quantitative estimate of drug-likeness (QED) is 0.287. The van der Waals surface area contributed by atoms with Crippen LogP contribution in [0.5, 0.6) is 5.75 Å². The molecule has 0 fully saturated rings. The van der Waals surface area contributed by atoms with E-state index in [2.05, 4.69) is 5.32 Å². The lowest BCUT2D eigenvalue weighted by Crippen LogP contribution is -2.55. The van der Waals surface area contributed by atoms with Crippen LogP contribution in [0.2, 0.25) is 10.0 Å². The van der Waals surface area contributed by atoms with Gasteiger partial charge in [0, 0.05) is 12.1 Å². The van der Waals surface area contributed by atoms with E-state index < -0.39 is 34.1 Å².